The second kappa shape index (κ2) is 2.69. The van der Waals surface area contributed by atoms with E-state index in [0.29, 0.717) is 12.2 Å². The molecule has 3 heteroatoms. The van der Waals surface area contributed by atoms with Crippen LogP contribution in [0, 0.1) is 12.8 Å². The molecular weight excluding hydrogens is 176 g/mol. The Balaban J connectivity index is 2.03. The first-order valence-electron chi connectivity index (χ1n) is 5.35. The van der Waals surface area contributed by atoms with Gasteiger partial charge in [0, 0.05) is 13.0 Å². The molecule has 0 saturated heterocycles. The number of nitrogens with zero attached hydrogens (tertiary/aromatic N) is 2. The van der Waals surface area contributed by atoms with Crippen LogP contribution in [0.25, 0.3) is 0 Å². The summed E-state index contributed by atoms with van der Waals surface area (Å²) >= 11 is 0. The molecule has 0 atom stereocenters. The SMILES string of the molecule is Cc1nc2c(n1CC1CC1)C(=O)CC2. The molecule has 0 bridgehead atoms. The van der Waals surface area contributed by atoms with Gasteiger partial charge in [-0.05, 0) is 32.1 Å². The van der Waals surface area contributed by atoms with Crippen molar-refractivity contribution in [2.24, 2.45) is 5.92 Å². The largest absolute Gasteiger partial charge is 0.325 e. The topological polar surface area (TPSA) is 34.9 Å². The number of hydrogen-bond donors (Lipinski definition) is 0. The molecule has 0 aromatic carbocycles. The van der Waals surface area contributed by atoms with E-state index in [0.717, 1.165) is 36.1 Å². The van der Waals surface area contributed by atoms with Crippen LogP contribution in [0.2, 0.25) is 0 Å². The summed E-state index contributed by atoms with van der Waals surface area (Å²) in [6.07, 6.45) is 4.16. The van der Waals surface area contributed by atoms with E-state index in [2.05, 4.69) is 9.55 Å². The zero-order chi connectivity index (χ0) is 9.71. The molecule has 2 aliphatic carbocycles. The van der Waals surface area contributed by atoms with Crippen molar-refractivity contribution in [1.29, 1.82) is 0 Å². The molecule has 3 nitrogen and oxygen atoms in total. The Bertz CT molecular complexity index is 402. The number of rotatable bonds is 2. The van der Waals surface area contributed by atoms with Crippen molar-refractivity contribution < 1.29 is 4.79 Å². The number of imidazole rings is 1. The summed E-state index contributed by atoms with van der Waals surface area (Å²) < 4.78 is 2.14. The number of hydrogen-bond acceptors (Lipinski definition) is 2. The molecule has 3 rings (SSSR count). The maximum atomic E-state index is 11.6. The van der Waals surface area contributed by atoms with E-state index in [1.165, 1.54) is 12.8 Å². The average Bonchev–Trinajstić information content (AvgIpc) is 2.82. The average molecular weight is 190 g/mol. The smallest absolute Gasteiger partial charge is 0.181 e. The van der Waals surface area contributed by atoms with Crippen LogP contribution >= 0.6 is 0 Å². The predicted molar refractivity (Wildman–Crippen MR) is 52.3 cm³/mol. The Labute approximate surface area is 83.1 Å². The quantitative estimate of drug-likeness (QED) is 0.711. The predicted octanol–water partition coefficient (Wildman–Crippen LogP) is 1.73. The highest BCUT2D eigenvalue weighted by Crippen LogP contribution is 2.33. The van der Waals surface area contributed by atoms with Crippen LogP contribution < -0.4 is 0 Å². The van der Waals surface area contributed by atoms with Gasteiger partial charge in [-0.15, -0.1) is 0 Å². The fraction of sp³-hybridized carbons (Fsp3) is 0.636. The number of aryl methyl sites for hydroxylation is 2. The first kappa shape index (κ1) is 8.21. The Morgan fingerprint density at radius 3 is 2.93 bits per heavy atom. The van der Waals surface area contributed by atoms with Gasteiger partial charge < -0.3 is 4.57 Å². The lowest BCUT2D eigenvalue weighted by atomic mass is 10.3. The first-order valence-corrected chi connectivity index (χ1v) is 5.35. The number of carbonyl (C=O) groups is 1. The third-order valence-corrected chi connectivity index (χ3v) is 3.22. The molecule has 1 saturated carbocycles. The van der Waals surface area contributed by atoms with Gasteiger partial charge in [-0.1, -0.05) is 0 Å². The van der Waals surface area contributed by atoms with Crippen molar-refractivity contribution in [2.45, 2.75) is 39.2 Å². The second-order valence-corrected chi connectivity index (χ2v) is 4.43. The van der Waals surface area contributed by atoms with Gasteiger partial charge in [0.25, 0.3) is 0 Å². The molecule has 1 aromatic rings. The van der Waals surface area contributed by atoms with E-state index in [-0.39, 0.29) is 0 Å². The lowest BCUT2D eigenvalue weighted by molar-refractivity contribution is 0.0985. The Morgan fingerprint density at radius 1 is 1.43 bits per heavy atom. The van der Waals surface area contributed by atoms with Gasteiger partial charge in [0.1, 0.15) is 11.5 Å². The fourth-order valence-electron chi connectivity index (χ4n) is 2.24. The van der Waals surface area contributed by atoms with Crippen molar-refractivity contribution in [3.63, 3.8) is 0 Å². The van der Waals surface area contributed by atoms with Gasteiger partial charge >= 0.3 is 0 Å². The molecule has 0 spiro atoms. The molecule has 0 aliphatic heterocycles. The highest BCUT2D eigenvalue weighted by molar-refractivity contribution is 5.98. The van der Waals surface area contributed by atoms with E-state index < -0.39 is 0 Å². The Morgan fingerprint density at radius 2 is 2.21 bits per heavy atom. The molecule has 1 fully saturated rings. The summed E-state index contributed by atoms with van der Waals surface area (Å²) in [6.45, 7) is 3.02. The lowest BCUT2D eigenvalue weighted by Crippen LogP contribution is -2.09. The highest BCUT2D eigenvalue weighted by Gasteiger charge is 2.30. The molecule has 0 unspecified atom stereocenters. The zero-order valence-electron chi connectivity index (χ0n) is 8.42. The van der Waals surface area contributed by atoms with Gasteiger partial charge in [0.05, 0.1) is 5.69 Å². The minimum atomic E-state index is 0.293. The van der Waals surface area contributed by atoms with E-state index >= 15 is 0 Å². The molecule has 2 aliphatic rings. The molecule has 14 heavy (non-hydrogen) atoms. The van der Waals surface area contributed by atoms with Crippen LogP contribution in [0.1, 0.15) is 41.3 Å². The molecule has 0 N–H and O–H groups in total. The summed E-state index contributed by atoms with van der Waals surface area (Å²) in [7, 11) is 0. The monoisotopic (exact) mass is 190 g/mol. The second-order valence-electron chi connectivity index (χ2n) is 4.43. The normalized spacial score (nSPS) is 20.2. The van der Waals surface area contributed by atoms with Crippen molar-refractivity contribution in [3.8, 4) is 0 Å². The maximum Gasteiger partial charge on any atom is 0.181 e. The van der Waals surface area contributed by atoms with Crippen LogP contribution in [0.15, 0.2) is 0 Å². The summed E-state index contributed by atoms with van der Waals surface area (Å²) in [5, 5.41) is 0. The van der Waals surface area contributed by atoms with Crippen LogP contribution in [0.4, 0.5) is 0 Å². The van der Waals surface area contributed by atoms with Crippen LogP contribution in [0.5, 0.6) is 0 Å². The van der Waals surface area contributed by atoms with Gasteiger partial charge in [0.2, 0.25) is 0 Å². The third-order valence-electron chi connectivity index (χ3n) is 3.22. The third kappa shape index (κ3) is 1.11. The van der Waals surface area contributed by atoms with Gasteiger partial charge in [-0.3, -0.25) is 4.79 Å². The minimum absolute atomic E-state index is 0.293. The van der Waals surface area contributed by atoms with E-state index in [9.17, 15) is 4.79 Å². The van der Waals surface area contributed by atoms with Gasteiger partial charge in [-0.25, -0.2) is 4.98 Å². The number of carbonyl (C=O) groups excluding carboxylic acids is 1. The number of aromatic nitrogens is 2. The summed E-state index contributed by atoms with van der Waals surface area (Å²) in [6, 6.07) is 0. The molecule has 0 amide bonds. The van der Waals surface area contributed by atoms with Crippen LogP contribution in [-0.4, -0.2) is 15.3 Å². The molecule has 74 valence electrons. The van der Waals surface area contributed by atoms with E-state index in [4.69, 9.17) is 0 Å². The van der Waals surface area contributed by atoms with Crippen molar-refractivity contribution in [2.75, 3.05) is 0 Å². The van der Waals surface area contributed by atoms with Gasteiger partial charge in [-0.2, -0.15) is 0 Å². The summed E-state index contributed by atoms with van der Waals surface area (Å²) in [4.78, 5) is 16.1. The van der Waals surface area contributed by atoms with Crippen molar-refractivity contribution in [3.05, 3.63) is 17.2 Å². The maximum absolute atomic E-state index is 11.6. The number of ketones is 1. The summed E-state index contributed by atoms with van der Waals surface area (Å²) in [5.41, 5.74) is 1.95. The Hall–Kier alpha value is -1.12. The standard InChI is InChI=1S/C11H14N2O/c1-7-12-9-4-5-10(14)11(9)13(7)6-8-2-3-8/h8H,2-6H2,1H3. The fourth-order valence-corrected chi connectivity index (χ4v) is 2.24. The first-order chi connectivity index (χ1) is 6.75. The minimum Gasteiger partial charge on any atom is -0.325 e. The number of Topliss-reactive ketones (excluding diaryl/α,β-unsaturated/α-hetero) is 1. The highest BCUT2D eigenvalue weighted by atomic mass is 16.1. The lowest BCUT2D eigenvalue weighted by Gasteiger charge is -2.06. The van der Waals surface area contributed by atoms with Crippen LogP contribution in [0.3, 0.4) is 0 Å². The zero-order valence-corrected chi connectivity index (χ0v) is 8.42. The summed E-state index contributed by atoms with van der Waals surface area (Å²) in [5.74, 6) is 2.12. The van der Waals surface area contributed by atoms with Crippen molar-refractivity contribution >= 4 is 5.78 Å². The molecular formula is C11H14N2O. The van der Waals surface area contributed by atoms with Gasteiger partial charge in [0.15, 0.2) is 5.78 Å². The number of fused-ring (bicyclic) bond motifs is 1. The molecule has 1 aromatic heterocycles. The Kier molecular flexibility index (Phi) is 1.58. The van der Waals surface area contributed by atoms with E-state index in [1.807, 2.05) is 6.92 Å². The molecule has 1 heterocycles. The van der Waals surface area contributed by atoms with E-state index in [1.54, 1.807) is 0 Å². The molecule has 0 radical (unpaired) electrons. The van der Waals surface area contributed by atoms with Crippen LogP contribution in [-0.2, 0) is 13.0 Å². The van der Waals surface area contributed by atoms with Crippen molar-refractivity contribution in [1.82, 2.24) is 9.55 Å².